The Kier molecular flexibility index (Phi) is 6.95. The number of fused-ring (bicyclic) bond motifs is 3. The van der Waals surface area contributed by atoms with Crippen molar-refractivity contribution in [1.82, 2.24) is 20.6 Å². The van der Waals surface area contributed by atoms with Gasteiger partial charge in [0.25, 0.3) is 0 Å². The lowest BCUT2D eigenvalue weighted by Crippen LogP contribution is -2.51. The standard InChI is InChI=1S/C29H32ClFN6O/c1-18(13-22(38)14-19-5-3-2-4-6-19)25-24(30)15-23-27(26(25)31)34-29(36-11-9-32-10-12-36)35-28(23)37-16-20-7-8-21(17-37)33-20/h2-6,13-15,20-21,32-33,38H,7-12,16-17H2,1H3/b18-13+,22-14+. The monoisotopic (exact) mass is 534 g/mol. The Morgan fingerprint density at radius 3 is 2.50 bits per heavy atom. The van der Waals surface area contributed by atoms with Crippen LogP contribution in [0.15, 0.2) is 48.2 Å². The van der Waals surface area contributed by atoms with Gasteiger partial charge in [0.2, 0.25) is 5.95 Å². The Bertz CT molecular complexity index is 1390. The number of nitrogens with one attached hydrogen (secondary N) is 2. The van der Waals surface area contributed by atoms with Crippen LogP contribution in [0, 0.1) is 5.82 Å². The fraction of sp³-hybridized carbons (Fsp3) is 0.379. The molecular formula is C29H32ClFN6O. The van der Waals surface area contributed by atoms with Crippen LogP contribution in [0.2, 0.25) is 5.02 Å². The lowest BCUT2D eigenvalue weighted by atomic mass is 10.0. The first-order valence-corrected chi connectivity index (χ1v) is 13.6. The Morgan fingerprint density at radius 2 is 1.79 bits per heavy atom. The first-order valence-electron chi connectivity index (χ1n) is 13.3. The molecule has 2 atom stereocenters. The fourth-order valence-electron chi connectivity index (χ4n) is 5.80. The van der Waals surface area contributed by atoms with Gasteiger partial charge in [-0.15, -0.1) is 0 Å². The largest absolute Gasteiger partial charge is 0.508 e. The van der Waals surface area contributed by atoms with Crippen LogP contribution in [0.5, 0.6) is 0 Å². The summed E-state index contributed by atoms with van der Waals surface area (Å²) in [5.74, 6) is 0.806. The highest BCUT2D eigenvalue weighted by molar-refractivity contribution is 6.33. The fourth-order valence-corrected chi connectivity index (χ4v) is 6.14. The van der Waals surface area contributed by atoms with E-state index in [9.17, 15) is 5.11 Å². The van der Waals surface area contributed by atoms with Gasteiger partial charge in [-0.25, -0.2) is 9.37 Å². The van der Waals surface area contributed by atoms with Gasteiger partial charge < -0.3 is 25.5 Å². The van der Waals surface area contributed by atoms with Crippen molar-refractivity contribution in [2.45, 2.75) is 31.8 Å². The van der Waals surface area contributed by atoms with Gasteiger partial charge in [0.1, 0.15) is 17.1 Å². The molecule has 3 aliphatic heterocycles. The van der Waals surface area contributed by atoms with E-state index in [0.717, 1.165) is 63.5 Å². The summed E-state index contributed by atoms with van der Waals surface area (Å²) in [5.41, 5.74) is 1.86. The number of hydrogen-bond donors (Lipinski definition) is 3. The van der Waals surface area contributed by atoms with Crippen molar-refractivity contribution < 1.29 is 9.50 Å². The van der Waals surface area contributed by atoms with Crippen LogP contribution < -0.4 is 20.4 Å². The number of hydrogen-bond acceptors (Lipinski definition) is 7. The molecule has 6 rings (SSSR count). The molecule has 198 valence electrons. The summed E-state index contributed by atoms with van der Waals surface area (Å²) in [7, 11) is 0. The van der Waals surface area contributed by atoms with Crippen molar-refractivity contribution in [3.8, 4) is 0 Å². The number of aliphatic hydroxyl groups is 1. The average Bonchev–Trinajstić information content (AvgIpc) is 3.26. The van der Waals surface area contributed by atoms with Crippen LogP contribution in [0.3, 0.4) is 0 Å². The molecule has 0 aliphatic carbocycles. The minimum Gasteiger partial charge on any atom is -0.508 e. The maximum absolute atomic E-state index is 16.3. The zero-order valence-electron chi connectivity index (χ0n) is 21.4. The number of piperazine rings is 2. The van der Waals surface area contributed by atoms with Gasteiger partial charge in [-0.3, -0.25) is 0 Å². The van der Waals surface area contributed by atoms with Crippen molar-refractivity contribution in [2.75, 3.05) is 49.1 Å². The van der Waals surface area contributed by atoms with Crippen molar-refractivity contribution in [3.63, 3.8) is 0 Å². The molecule has 1 aromatic heterocycles. The van der Waals surface area contributed by atoms with E-state index in [2.05, 4.69) is 20.4 Å². The minimum absolute atomic E-state index is 0.0189. The van der Waals surface area contributed by atoms with E-state index in [-0.39, 0.29) is 21.9 Å². The van der Waals surface area contributed by atoms with Crippen molar-refractivity contribution in [3.05, 3.63) is 70.2 Å². The molecule has 7 nitrogen and oxygen atoms in total. The maximum atomic E-state index is 16.3. The summed E-state index contributed by atoms with van der Waals surface area (Å²) < 4.78 is 16.3. The molecule has 0 amide bonds. The zero-order valence-corrected chi connectivity index (χ0v) is 22.2. The number of benzene rings is 2. The van der Waals surface area contributed by atoms with Gasteiger partial charge in [0.05, 0.1) is 5.02 Å². The van der Waals surface area contributed by atoms with E-state index in [4.69, 9.17) is 21.6 Å². The van der Waals surface area contributed by atoms with E-state index in [1.54, 1.807) is 19.1 Å². The second-order valence-corrected chi connectivity index (χ2v) is 10.8. The summed E-state index contributed by atoms with van der Waals surface area (Å²) in [6.45, 7) is 6.57. The number of aliphatic hydroxyl groups excluding tert-OH is 1. The molecule has 0 radical (unpaired) electrons. The SMILES string of the molecule is C/C(=C\C(O)=C/c1ccccc1)c1c(Cl)cc2c(N3CC4CCC(C3)N4)nc(N3CCNCC3)nc2c1F. The summed E-state index contributed by atoms with van der Waals surface area (Å²) in [6.07, 6.45) is 5.45. The predicted octanol–water partition coefficient (Wildman–Crippen LogP) is 4.77. The molecule has 2 aromatic carbocycles. The molecule has 2 bridgehead atoms. The first kappa shape index (κ1) is 25.1. The van der Waals surface area contributed by atoms with Crippen molar-refractivity contribution in [1.29, 1.82) is 0 Å². The molecule has 0 spiro atoms. The highest BCUT2D eigenvalue weighted by atomic mass is 35.5. The predicted molar refractivity (Wildman–Crippen MR) is 152 cm³/mol. The topological polar surface area (TPSA) is 76.6 Å². The van der Waals surface area contributed by atoms with E-state index in [1.165, 1.54) is 6.08 Å². The van der Waals surface area contributed by atoms with E-state index in [1.807, 2.05) is 30.3 Å². The van der Waals surface area contributed by atoms with E-state index >= 15 is 4.39 Å². The second kappa shape index (κ2) is 10.5. The van der Waals surface area contributed by atoms with Gasteiger partial charge in [-0.1, -0.05) is 41.9 Å². The van der Waals surface area contributed by atoms with Crippen LogP contribution >= 0.6 is 11.6 Å². The summed E-state index contributed by atoms with van der Waals surface area (Å²) in [5, 5.41) is 18.5. The zero-order chi connectivity index (χ0) is 26.2. The molecule has 3 fully saturated rings. The number of anilines is 2. The summed E-state index contributed by atoms with van der Waals surface area (Å²) in [6, 6.07) is 12.1. The van der Waals surface area contributed by atoms with Gasteiger partial charge >= 0.3 is 0 Å². The molecule has 38 heavy (non-hydrogen) atoms. The number of halogens is 2. The number of allylic oxidation sites excluding steroid dienone is 2. The Balaban J connectivity index is 1.45. The van der Waals surface area contributed by atoms with E-state index in [0.29, 0.717) is 29.0 Å². The third-order valence-corrected chi connectivity index (χ3v) is 7.94. The average molecular weight is 535 g/mol. The molecule has 3 aliphatic rings. The van der Waals surface area contributed by atoms with Gasteiger partial charge in [0, 0.05) is 62.3 Å². The lowest BCUT2D eigenvalue weighted by molar-refractivity contribution is 0.438. The minimum atomic E-state index is -0.494. The van der Waals surface area contributed by atoms with Crippen molar-refractivity contribution >= 4 is 45.9 Å². The molecule has 3 saturated heterocycles. The van der Waals surface area contributed by atoms with E-state index < -0.39 is 5.82 Å². The normalized spacial score (nSPS) is 22.4. The highest BCUT2D eigenvalue weighted by Gasteiger charge is 2.34. The third kappa shape index (κ3) is 4.96. The number of nitrogens with zero attached hydrogens (tertiary/aromatic N) is 4. The summed E-state index contributed by atoms with van der Waals surface area (Å²) in [4.78, 5) is 14.1. The number of aromatic nitrogens is 2. The van der Waals surface area contributed by atoms with Crippen LogP contribution in [-0.2, 0) is 0 Å². The maximum Gasteiger partial charge on any atom is 0.228 e. The van der Waals surface area contributed by atoms with Crippen molar-refractivity contribution in [2.24, 2.45) is 0 Å². The molecule has 4 heterocycles. The molecule has 9 heteroatoms. The van der Waals surface area contributed by atoms with Crippen LogP contribution in [0.25, 0.3) is 22.6 Å². The third-order valence-electron chi connectivity index (χ3n) is 7.64. The molecule has 3 aromatic rings. The second-order valence-electron chi connectivity index (χ2n) is 10.4. The Morgan fingerprint density at radius 1 is 1.08 bits per heavy atom. The van der Waals surface area contributed by atoms with Crippen LogP contribution in [0.1, 0.15) is 30.9 Å². The van der Waals surface area contributed by atoms with Crippen LogP contribution in [0.4, 0.5) is 16.2 Å². The highest BCUT2D eigenvalue weighted by Crippen LogP contribution is 2.38. The Hall–Kier alpha value is -3.20. The van der Waals surface area contributed by atoms with Gasteiger partial charge in [0.15, 0.2) is 5.82 Å². The molecule has 3 N–H and O–H groups in total. The molecular weight excluding hydrogens is 503 g/mol. The smallest absolute Gasteiger partial charge is 0.228 e. The van der Waals surface area contributed by atoms with Gasteiger partial charge in [-0.2, -0.15) is 4.98 Å². The Labute approximate surface area is 227 Å². The molecule has 2 unspecified atom stereocenters. The molecule has 0 saturated carbocycles. The lowest BCUT2D eigenvalue weighted by Gasteiger charge is -2.35. The van der Waals surface area contributed by atoms with Crippen LogP contribution in [-0.4, -0.2) is 66.4 Å². The number of rotatable bonds is 5. The quantitative estimate of drug-likeness (QED) is 0.321. The summed E-state index contributed by atoms with van der Waals surface area (Å²) >= 11 is 6.73. The van der Waals surface area contributed by atoms with Gasteiger partial charge in [-0.05, 0) is 49.1 Å². The first-order chi connectivity index (χ1) is 18.5.